The Labute approximate surface area is 132 Å². The summed E-state index contributed by atoms with van der Waals surface area (Å²) in [4.78, 5) is 8.24. The van der Waals surface area contributed by atoms with Gasteiger partial charge in [0.2, 0.25) is 0 Å². The van der Waals surface area contributed by atoms with Crippen LogP contribution in [0.3, 0.4) is 0 Å². The van der Waals surface area contributed by atoms with Crippen molar-refractivity contribution in [3.63, 3.8) is 0 Å². The molecule has 0 spiro atoms. The Morgan fingerprint density at radius 2 is 1.61 bits per heavy atom. The van der Waals surface area contributed by atoms with E-state index in [9.17, 15) is 0 Å². The molecule has 0 radical (unpaired) electrons. The Morgan fingerprint density at radius 3 is 2.17 bits per heavy atom. The van der Waals surface area contributed by atoms with E-state index in [1.807, 2.05) is 0 Å². The minimum Gasteiger partial charge on any atom is -0.494 e. The van der Waals surface area contributed by atoms with Crippen LogP contribution < -0.4 is 10.5 Å². The second-order valence-electron chi connectivity index (χ2n) is 4.69. The maximum Gasteiger partial charge on any atom is 0.148 e. The number of hydrogen-bond acceptors (Lipinski definition) is 8. The molecule has 0 heterocycles. The maximum absolute atomic E-state index is 8.57. The molecule has 0 aliphatic carbocycles. The van der Waals surface area contributed by atoms with Gasteiger partial charge in [0.1, 0.15) is 24.7 Å². The summed E-state index contributed by atoms with van der Waals surface area (Å²) < 4.78 is 5.20. The van der Waals surface area contributed by atoms with E-state index in [4.69, 9.17) is 21.0 Å². The van der Waals surface area contributed by atoms with Crippen molar-refractivity contribution >= 4 is 17.1 Å². The van der Waals surface area contributed by atoms with Gasteiger partial charge < -0.3 is 10.5 Å². The van der Waals surface area contributed by atoms with E-state index in [-0.39, 0.29) is 13.2 Å². The lowest BCUT2D eigenvalue weighted by atomic mass is 10.1. The molecule has 0 saturated carbocycles. The van der Waals surface area contributed by atoms with Crippen molar-refractivity contribution < 1.29 is 25.0 Å². The van der Waals surface area contributed by atoms with Gasteiger partial charge in [-0.1, -0.05) is 6.07 Å². The Hall–Kier alpha value is -2.52. The van der Waals surface area contributed by atoms with E-state index in [1.165, 1.54) is 7.11 Å². The van der Waals surface area contributed by atoms with Crippen LogP contribution in [-0.4, -0.2) is 17.6 Å². The molecule has 0 aliphatic rings. The lowest BCUT2D eigenvalue weighted by molar-refractivity contribution is -0.254. The average molecular weight is 319 g/mol. The Morgan fingerprint density at radius 1 is 0.957 bits per heavy atom. The molecule has 2 aromatic rings. The molecule has 0 aliphatic heterocycles. The van der Waals surface area contributed by atoms with Crippen molar-refractivity contribution in [2.45, 2.75) is 13.2 Å². The van der Waals surface area contributed by atoms with Gasteiger partial charge in [-0.05, 0) is 35.4 Å². The normalized spacial score (nSPS) is 11.1. The molecule has 0 bridgehead atoms. The topological polar surface area (TPSA) is 119 Å². The first kappa shape index (κ1) is 16.8. The molecular formula is C15H17N3O5. The van der Waals surface area contributed by atoms with E-state index in [1.54, 1.807) is 36.4 Å². The van der Waals surface area contributed by atoms with Crippen molar-refractivity contribution in [3.05, 3.63) is 47.5 Å². The quantitative estimate of drug-likeness (QED) is 0.310. The van der Waals surface area contributed by atoms with Crippen molar-refractivity contribution in [1.29, 1.82) is 0 Å². The maximum atomic E-state index is 8.57. The molecular weight excluding hydrogens is 302 g/mol. The van der Waals surface area contributed by atoms with Gasteiger partial charge in [0, 0.05) is 11.8 Å². The fraction of sp³-hybridized carbons (Fsp3) is 0.200. The third kappa shape index (κ3) is 4.73. The highest BCUT2D eigenvalue weighted by molar-refractivity contribution is 5.59. The molecule has 0 saturated heterocycles. The third-order valence-electron chi connectivity index (χ3n) is 2.98. The summed E-state index contributed by atoms with van der Waals surface area (Å²) in [6.45, 7) is -0.0417. The van der Waals surface area contributed by atoms with Crippen LogP contribution in [0.25, 0.3) is 0 Å². The van der Waals surface area contributed by atoms with Gasteiger partial charge >= 0.3 is 0 Å². The van der Waals surface area contributed by atoms with Gasteiger partial charge in [0.05, 0.1) is 12.8 Å². The van der Waals surface area contributed by atoms with Crippen LogP contribution in [0.4, 0.5) is 17.1 Å². The molecule has 0 atom stereocenters. The lowest BCUT2D eigenvalue weighted by Gasteiger charge is -2.06. The van der Waals surface area contributed by atoms with Gasteiger partial charge in [0.15, 0.2) is 0 Å². The first-order chi connectivity index (χ1) is 11.2. The SMILES string of the molecule is COc1cc(N)ccc1N=Nc1cc(COO)cc(COO)c1. The summed E-state index contributed by atoms with van der Waals surface area (Å²) in [5.74, 6) is 0.502. The van der Waals surface area contributed by atoms with Crippen molar-refractivity contribution in [3.8, 4) is 5.75 Å². The Balaban J connectivity index is 2.31. The number of methoxy groups -OCH3 is 1. The number of benzene rings is 2. The van der Waals surface area contributed by atoms with E-state index in [0.717, 1.165) is 0 Å². The highest BCUT2D eigenvalue weighted by atomic mass is 17.1. The minimum absolute atomic E-state index is 0.0209. The molecule has 2 aromatic carbocycles. The van der Waals surface area contributed by atoms with Gasteiger partial charge in [-0.3, -0.25) is 10.5 Å². The largest absolute Gasteiger partial charge is 0.494 e. The van der Waals surface area contributed by atoms with Crippen LogP contribution in [0, 0.1) is 0 Å². The minimum atomic E-state index is -0.0209. The zero-order valence-corrected chi connectivity index (χ0v) is 12.5. The zero-order chi connectivity index (χ0) is 16.7. The molecule has 8 nitrogen and oxygen atoms in total. The fourth-order valence-corrected chi connectivity index (χ4v) is 2.00. The average Bonchev–Trinajstić information content (AvgIpc) is 2.54. The van der Waals surface area contributed by atoms with Crippen molar-refractivity contribution in [2.24, 2.45) is 10.2 Å². The smallest absolute Gasteiger partial charge is 0.148 e. The molecule has 0 amide bonds. The van der Waals surface area contributed by atoms with Crippen LogP contribution >= 0.6 is 0 Å². The highest BCUT2D eigenvalue weighted by Gasteiger charge is 2.04. The summed E-state index contributed by atoms with van der Waals surface area (Å²) in [6.07, 6.45) is 0. The summed E-state index contributed by atoms with van der Waals surface area (Å²) in [6, 6.07) is 10.1. The third-order valence-corrected chi connectivity index (χ3v) is 2.98. The van der Waals surface area contributed by atoms with E-state index >= 15 is 0 Å². The predicted octanol–water partition coefficient (Wildman–Crippen LogP) is 3.67. The number of nitrogens with zero attached hydrogens (tertiary/aromatic N) is 2. The number of nitrogens with two attached hydrogens (primary N) is 1. The van der Waals surface area contributed by atoms with Gasteiger partial charge in [-0.25, -0.2) is 9.78 Å². The molecule has 23 heavy (non-hydrogen) atoms. The van der Waals surface area contributed by atoms with Crippen molar-refractivity contribution in [1.82, 2.24) is 0 Å². The molecule has 122 valence electrons. The number of nitrogen functional groups attached to an aromatic ring is 1. The van der Waals surface area contributed by atoms with Gasteiger partial charge in [-0.15, -0.1) is 5.11 Å². The summed E-state index contributed by atoms with van der Waals surface area (Å²) in [7, 11) is 1.52. The molecule has 0 fully saturated rings. The van der Waals surface area contributed by atoms with Crippen LogP contribution in [0.2, 0.25) is 0 Å². The first-order valence-corrected chi connectivity index (χ1v) is 6.67. The van der Waals surface area contributed by atoms with E-state index < -0.39 is 0 Å². The van der Waals surface area contributed by atoms with Gasteiger partial charge in [-0.2, -0.15) is 5.11 Å². The number of hydrogen-bond donors (Lipinski definition) is 3. The predicted molar refractivity (Wildman–Crippen MR) is 82.9 cm³/mol. The molecule has 0 unspecified atom stereocenters. The zero-order valence-electron chi connectivity index (χ0n) is 12.5. The molecule has 2 rings (SSSR count). The number of ether oxygens (including phenoxy) is 1. The monoisotopic (exact) mass is 319 g/mol. The van der Waals surface area contributed by atoms with Crippen LogP contribution in [0.5, 0.6) is 5.75 Å². The Bertz CT molecular complexity index is 667. The Kier molecular flexibility index (Phi) is 6.01. The van der Waals surface area contributed by atoms with Gasteiger partial charge in [0.25, 0.3) is 0 Å². The number of rotatable bonds is 7. The van der Waals surface area contributed by atoms with Crippen molar-refractivity contribution in [2.75, 3.05) is 12.8 Å². The highest BCUT2D eigenvalue weighted by Crippen LogP contribution is 2.31. The van der Waals surface area contributed by atoms with Crippen LogP contribution in [-0.2, 0) is 23.0 Å². The summed E-state index contributed by atoms with van der Waals surface area (Å²) in [5.41, 5.74) is 8.58. The summed E-state index contributed by atoms with van der Waals surface area (Å²) >= 11 is 0. The second-order valence-corrected chi connectivity index (χ2v) is 4.69. The fourth-order valence-electron chi connectivity index (χ4n) is 2.00. The molecule has 0 aromatic heterocycles. The number of anilines is 1. The summed E-state index contributed by atoms with van der Waals surface area (Å²) in [5, 5.41) is 25.4. The van der Waals surface area contributed by atoms with E-state index in [2.05, 4.69) is 20.0 Å². The molecule has 8 heteroatoms. The molecule has 4 N–H and O–H groups in total. The van der Waals surface area contributed by atoms with Crippen LogP contribution in [0.15, 0.2) is 46.6 Å². The van der Waals surface area contributed by atoms with Crippen LogP contribution in [0.1, 0.15) is 11.1 Å². The first-order valence-electron chi connectivity index (χ1n) is 6.67. The number of azo groups is 1. The lowest BCUT2D eigenvalue weighted by Crippen LogP contribution is -1.93. The van der Waals surface area contributed by atoms with E-state index in [0.29, 0.717) is 33.9 Å². The standard InChI is InChI=1S/C15H17N3O5/c1-21-15-7-12(16)2-3-14(15)18-17-13-5-10(8-22-19)4-11(6-13)9-23-20/h2-7,19-20H,8-9,16H2,1H3. The second kappa shape index (κ2) is 8.20.